The number of pyridine rings is 1. The Kier molecular flexibility index (Phi) is 6.21. The first-order valence-corrected chi connectivity index (χ1v) is 8.86. The summed E-state index contributed by atoms with van der Waals surface area (Å²) in [5, 5.41) is 0. The largest absolute Gasteiger partial charge is 0.491 e. The smallest absolute Gasteiger partial charge is 0.309 e. The summed E-state index contributed by atoms with van der Waals surface area (Å²) in [7, 11) is 0. The first-order valence-electron chi connectivity index (χ1n) is 8.86. The Bertz CT molecular complexity index is 529. The minimum Gasteiger partial charge on any atom is -0.491 e. The number of carbonyl (C=O) groups excluding carboxylic acids is 1. The van der Waals surface area contributed by atoms with Gasteiger partial charge in [0.2, 0.25) is 0 Å². The van der Waals surface area contributed by atoms with Gasteiger partial charge in [-0.2, -0.15) is 0 Å². The molecule has 1 aliphatic carbocycles. The van der Waals surface area contributed by atoms with Crippen LogP contribution in [0, 0.1) is 0 Å². The van der Waals surface area contributed by atoms with Crippen molar-refractivity contribution < 1.29 is 14.3 Å². The van der Waals surface area contributed by atoms with Crippen LogP contribution in [0.2, 0.25) is 0 Å². The molecule has 1 aromatic heterocycles. The monoisotopic (exact) mass is 334 g/mol. The molecule has 5 nitrogen and oxygen atoms in total. The predicted octanol–water partition coefficient (Wildman–Crippen LogP) is 3.35. The average molecular weight is 334 g/mol. The second kappa shape index (κ2) is 7.97. The molecule has 0 spiro atoms. The van der Waals surface area contributed by atoms with Crippen molar-refractivity contribution >= 4 is 5.97 Å². The van der Waals surface area contributed by atoms with Gasteiger partial charge in [-0.15, -0.1) is 0 Å². The highest BCUT2D eigenvalue weighted by Gasteiger charge is 2.33. The van der Waals surface area contributed by atoms with Gasteiger partial charge in [0.25, 0.3) is 0 Å². The molecule has 0 amide bonds. The maximum absolute atomic E-state index is 11.7. The van der Waals surface area contributed by atoms with E-state index < -0.39 is 5.60 Å². The third-order valence-electron chi connectivity index (χ3n) is 4.48. The van der Waals surface area contributed by atoms with E-state index in [4.69, 9.17) is 15.2 Å². The molecule has 1 fully saturated rings. The minimum atomic E-state index is -0.461. The molecule has 0 aliphatic heterocycles. The summed E-state index contributed by atoms with van der Waals surface area (Å²) in [6.45, 7) is 6.49. The van der Waals surface area contributed by atoms with Crippen molar-refractivity contribution in [2.45, 2.75) is 70.3 Å². The number of hydrogen-bond acceptors (Lipinski definition) is 5. The zero-order valence-electron chi connectivity index (χ0n) is 15.1. The van der Waals surface area contributed by atoms with Crippen molar-refractivity contribution in [2.24, 2.45) is 5.73 Å². The SMILES string of the molecule is CC(C)(C)OC(=O)CCOc1ccc(C2(CN)CCCCC2)nc1. The van der Waals surface area contributed by atoms with Gasteiger partial charge in [0.05, 0.1) is 19.2 Å². The third kappa shape index (κ3) is 5.20. The van der Waals surface area contributed by atoms with Crippen molar-refractivity contribution in [3.63, 3.8) is 0 Å². The van der Waals surface area contributed by atoms with Crippen molar-refractivity contribution in [3.8, 4) is 5.75 Å². The van der Waals surface area contributed by atoms with Crippen LogP contribution >= 0.6 is 0 Å². The van der Waals surface area contributed by atoms with E-state index >= 15 is 0 Å². The third-order valence-corrected chi connectivity index (χ3v) is 4.48. The number of rotatable bonds is 6. The lowest BCUT2D eigenvalue weighted by Crippen LogP contribution is -2.37. The molecule has 134 valence electrons. The van der Waals surface area contributed by atoms with Crippen LogP contribution in [0.4, 0.5) is 0 Å². The van der Waals surface area contributed by atoms with Crippen LogP contribution in [-0.4, -0.2) is 29.7 Å². The van der Waals surface area contributed by atoms with Crippen LogP contribution in [0.25, 0.3) is 0 Å². The minimum absolute atomic E-state index is 0.0211. The zero-order chi connectivity index (χ0) is 17.6. The number of carbonyl (C=O) groups is 1. The van der Waals surface area contributed by atoms with Gasteiger partial charge in [-0.05, 0) is 45.7 Å². The number of nitrogens with zero attached hydrogens (tertiary/aromatic N) is 1. The number of hydrogen-bond donors (Lipinski definition) is 1. The fourth-order valence-electron chi connectivity index (χ4n) is 3.22. The van der Waals surface area contributed by atoms with E-state index in [0.29, 0.717) is 12.3 Å². The Morgan fingerprint density at radius 1 is 1.25 bits per heavy atom. The molecule has 5 heteroatoms. The van der Waals surface area contributed by atoms with Crippen LogP contribution in [0.5, 0.6) is 5.75 Å². The molecule has 24 heavy (non-hydrogen) atoms. The van der Waals surface area contributed by atoms with Gasteiger partial charge in [-0.1, -0.05) is 19.3 Å². The molecule has 1 saturated carbocycles. The molecule has 0 aromatic carbocycles. The van der Waals surface area contributed by atoms with Crippen LogP contribution in [0.3, 0.4) is 0 Å². The molecular weight excluding hydrogens is 304 g/mol. The van der Waals surface area contributed by atoms with E-state index in [9.17, 15) is 4.79 Å². The molecule has 1 heterocycles. The lowest BCUT2D eigenvalue weighted by molar-refractivity contribution is -0.155. The average Bonchev–Trinajstić information content (AvgIpc) is 2.54. The van der Waals surface area contributed by atoms with Gasteiger partial charge < -0.3 is 15.2 Å². The Morgan fingerprint density at radius 3 is 2.50 bits per heavy atom. The van der Waals surface area contributed by atoms with Gasteiger partial charge in [-0.25, -0.2) is 0 Å². The van der Waals surface area contributed by atoms with E-state index in [2.05, 4.69) is 4.98 Å². The molecular formula is C19H30N2O3. The summed E-state index contributed by atoms with van der Waals surface area (Å²) < 4.78 is 10.9. The normalized spacial score (nSPS) is 17.3. The highest BCUT2D eigenvalue weighted by atomic mass is 16.6. The van der Waals surface area contributed by atoms with Crippen molar-refractivity contribution in [1.29, 1.82) is 0 Å². The maximum atomic E-state index is 11.7. The summed E-state index contributed by atoms with van der Waals surface area (Å²) in [6.07, 6.45) is 7.89. The second-order valence-electron chi connectivity index (χ2n) is 7.61. The fraction of sp³-hybridized carbons (Fsp3) is 0.684. The Balaban J connectivity index is 1.87. The van der Waals surface area contributed by atoms with Crippen LogP contribution < -0.4 is 10.5 Å². The van der Waals surface area contributed by atoms with E-state index in [0.717, 1.165) is 18.5 Å². The Labute approximate surface area is 144 Å². The van der Waals surface area contributed by atoms with Crippen molar-refractivity contribution in [2.75, 3.05) is 13.2 Å². The summed E-state index contributed by atoms with van der Waals surface area (Å²) in [5.41, 5.74) is 6.67. The number of nitrogens with two attached hydrogens (primary N) is 1. The summed E-state index contributed by atoms with van der Waals surface area (Å²) in [5.74, 6) is 0.418. The van der Waals surface area contributed by atoms with Crippen LogP contribution in [0.15, 0.2) is 18.3 Å². The fourth-order valence-corrected chi connectivity index (χ4v) is 3.22. The first-order chi connectivity index (χ1) is 11.3. The molecule has 1 aromatic rings. The molecule has 1 aliphatic rings. The van der Waals surface area contributed by atoms with Gasteiger partial charge in [-0.3, -0.25) is 9.78 Å². The maximum Gasteiger partial charge on any atom is 0.309 e. The summed E-state index contributed by atoms with van der Waals surface area (Å²) in [6, 6.07) is 3.93. The molecule has 0 radical (unpaired) electrons. The second-order valence-corrected chi connectivity index (χ2v) is 7.61. The summed E-state index contributed by atoms with van der Waals surface area (Å²) >= 11 is 0. The Hall–Kier alpha value is -1.62. The van der Waals surface area contributed by atoms with Crippen molar-refractivity contribution in [1.82, 2.24) is 4.98 Å². The van der Waals surface area contributed by atoms with Gasteiger partial charge in [0.15, 0.2) is 0 Å². The Morgan fingerprint density at radius 2 is 1.96 bits per heavy atom. The van der Waals surface area contributed by atoms with Gasteiger partial charge in [0, 0.05) is 17.7 Å². The quantitative estimate of drug-likeness (QED) is 0.808. The highest BCUT2D eigenvalue weighted by molar-refractivity contribution is 5.69. The molecule has 0 unspecified atom stereocenters. The van der Waals surface area contributed by atoms with Crippen molar-refractivity contribution in [3.05, 3.63) is 24.0 Å². The number of ether oxygens (including phenoxy) is 2. The lowest BCUT2D eigenvalue weighted by atomic mass is 9.71. The van der Waals surface area contributed by atoms with E-state index in [1.807, 2.05) is 32.9 Å². The number of aromatic nitrogens is 1. The molecule has 0 bridgehead atoms. The topological polar surface area (TPSA) is 74.4 Å². The first kappa shape index (κ1) is 18.7. The van der Waals surface area contributed by atoms with Crippen LogP contribution in [0.1, 0.15) is 65.0 Å². The molecule has 2 N–H and O–H groups in total. The molecule has 2 rings (SSSR count). The standard InChI is InChI=1S/C19H30N2O3/c1-18(2,3)24-17(22)9-12-23-15-7-8-16(21-13-15)19(14-20)10-5-4-6-11-19/h7-8,13H,4-6,9-12,14,20H2,1-3H3. The van der Waals surface area contributed by atoms with Crippen LogP contribution in [-0.2, 0) is 14.9 Å². The van der Waals surface area contributed by atoms with E-state index in [1.165, 1.54) is 19.3 Å². The van der Waals surface area contributed by atoms with E-state index in [1.54, 1.807) is 6.20 Å². The van der Waals surface area contributed by atoms with Gasteiger partial charge >= 0.3 is 5.97 Å². The highest BCUT2D eigenvalue weighted by Crippen LogP contribution is 2.37. The van der Waals surface area contributed by atoms with E-state index in [-0.39, 0.29) is 24.4 Å². The molecule has 0 saturated heterocycles. The predicted molar refractivity (Wildman–Crippen MR) is 94.0 cm³/mol. The molecule has 0 atom stereocenters. The van der Waals surface area contributed by atoms with Gasteiger partial charge in [0.1, 0.15) is 11.4 Å². The zero-order valence-corrected chi connectivity index (χ0v) is 15.1. The summed E-state index contributed by atoms with van der Waals surface area (Å²) in [4.78, 5) is 16.2. The number of esters is 1. The lowest BCUT2D eigenvalue weighted by Gasteiger charge is -2.35.